The fraction of sp³-hybridized carbons (Fsp3) is 0.714. The van der Waals surface area contributed by atoms with Crippen LogP contribution in [0.5, 0.6) is 0 Å². The number of hydrogen-bond donors (Lipinski definition) is 0. The van der Waals surface area contributed by atoms with Gasteiger partial charge in [0.2, 0.25) is 5.91 Å². The van der Waals surface area contributed by atoms with E-state index in [1.54, 1.807) is 13.4 Å². The standard InChI is InChI=1S/C14H21N3O3/c1-19-7-6-16-4-2-11(8-16)14(18)17-5-3-13-12(9-17)10-20-15-13/h10-11H,2-9H2,1H3/t11-/m0/s1. The fourth-order valence-electron chi connectivity index (χ4n) is 3.04. The summed E-state index contributed by atoms with van der Waals surface area (Å²) in [5.41, 5.74) is 2.06. The number of carbonyl (C=O) groups excluding carboxylic acids is 1. The Morgan fingerprint density at radius 2 is 2.45 bits per heavy atom. The van der Waals surface area contributed by atoms with Crippen molar-refractivity contribution in [3.05, 3.63) is 17.5 Å². The summed E-state index contributed by atoms with van der Waals surface area (Å²) in [6, 6.07) is 0. The van der Waals surface area contributed by atoms with Gasteiger partial charge in [-0.25, -0.2) is 0 Å². The Bertz CT molecular complexity index is 474. The minimum Gasteiger partial charge on any atom is -0.383 e. The summed E-state index contributed by atoms with van der Waals surface area (Å²) in [4.78, 5) is 16.8. The van der Waals surface area contributed by atoms with Gasteiger partial charge in [0.25, 0.3) is 0 Å². The van der Waals surface area contributed by atoms with E-state index >= 15 is 0 Å². The van der Waals surface area contributed by atoms with Gasteiger partial charge in [0.15, 0.2) is 0 Å². The average molecular weight is 279 g/mol. The molecule has 2 aliphatic heterocycles. The van der Waals surface area contributed by atoms with E-state index in [0.29, 0.717) is 6.54 Å². The third kappa shape index (κ3) is 2.71. The van der Waals surface area contributed by atoms with Crippen LogP contribution < -0.4 is 0 Å². The molecule has 1 fully saturated rings. The minimum atomic E-state index is 0.133. The summed E-state index contributed by atoms with van der Waals surface area (Å²) in [7, 11) is 1.71. The molecule has 1 aromatic heterocycles. The van der Waals surface area contributed by atoms with Crippen molar-refractivity contribution < 1.29 is 14.1 Å². The quantitative estimate of drug-likeness (QED) is 0.804. The van der Waals surface area contributed by atoms with Crippen LogP contribution in [-0.4, -0.2) is 60.8 Å². The van der Waals surface area contributed by atoms with Gasteiger partial charge < -0.3 is 19.1 Å². The lowest BCUT2D eigenvalue weighted by Gasteiger charge is -2.28. The molecule has 1 atom stereocenters. The van der Waals surface area contributed by atoms with Gasteiger partial charge in [0.05, 0.1) is 24.8 Å². The molecule has 2 aliphatic rings. The first kappa shape index (κ1) is 13.6. The number of likely N-dealkylation sites (tertiary alicyclic amines) is 1. The number of carbonyl (C=O) groups is 1. The molecule has 3 heterocycles. The van der Waals surface area contributed by atoms with Crippen LogP contribution in [0.25, 0.3) is 0 Å². The first-order valence-corrected chi connectivity index (χ1v) is 7.20. The minimum absolute atomic E-state index is 0.133. The molecule has 6 nitrogen and oxygen atoms in total. The summed E-state index contributed by atoms with van der Waals surface area (Å²) >= 11 is 0. The lowest BCUT2D eigenvalue weighted by Crippen LogP contribution is -2.40. The number of hydrogen-bond acceptors (Lipinski definition) is 5. The van der Waals surface area contributed by atoms with Gasteiger partial charge in [0.1, 0.15) is 6.26 Å². The second-order valence-corrected chi connectivity index (χ2v) is 5.58. The molecule has 0 aliphatic carbocycles. The van der Waals surface area contributed by atoms with E-state index in [4.69, 9.17) is 9.26 Å². The van der Waals surface area contributed by atoms with Crippen LogP contribution in [0.3, 0.4) is 0 Å². The molecule has 0 bridgehead atoms. The monoisotopic (exact) mass is 279 g/mol. The Kier molecular flexibility index (Phi) is 4.03. The topological polar surface area (TPSA) is 58.8 Å². The zero-order valence-electron chi connectivity index (χ0n) is 11.9. The molecule has 1 aromatic rings. The number of methoxy groups -OCH3 is 1. The maximum atomic E-state index is 12.6. The van der Waals surface area contributed by atoms with E-state index in [1.165, 1.54) is 0 Å². The fourth-order valence-corrected chi connectivity index (χ4v) is 3.04. The van der Waals surface area contributed by atoms with Gasteiger partial charge in [-0.05, 0) is 13.0 Å². The van der Waals surface area contributed by atoms with Crippen LogP contribution in [-0.2, 0) is 22.5 Å². The van der Waals surface area contributed by atoms with Gasteiger partial charge in [-0.1, -0.05) is 5.16 Å². The highest BCUT2D eigenvalue weighted by molar-refractivity contribution is 5.79. The zero-order valence-corrected chi connectivity index (χ0v) is 11.9. The molecule has 20 heavy (non-hydrogen) atoms. The van der Waals surface area contributed by atoms with Crippen LogP contribution >= 0.6 is 0 Å². The Hall–Kier alpha value is -1.40. The second kappa shape index (κ2) is 5.93. The molecule has 0 radical (unpaired) electrons. The van der Waals surface area contributed by atoms with Crippen LogP contribution in [0, 0.1) is 5.92 Å². The van der Waals surface area contributed by atoms with E-state index < -0.39 is 0 Å². The Morgan fingerprint density at radius 1 is 1.55 bits per heavy atom. The molecule has 1 amide bonds. The molecule has 0 unspecified atom stereocenters. The normalized spacial score (nSPS) is 23.1. The first-order valence-electron chi connectivity index (χ1n) is 7.20. The molecule has 6 heteroatoms. The average Bonchev–Trinajstić information content (AvgIpc) is 3.12. The van der Waals surface area contributed by atoms with Gasteiger partial charge in [-0.3, -0.25) is 4.79 Å². The van der Waals surface area contributed by atoms with Crippen LogP contribution in [0.1, 0.15) is 17.7 Å². The molecular weight excluding hydrogens is 258 g/mol. The smallest absolute Gasteiger partial charge is 0.227 e. The highest BCUT2D eigenvalue weighted by atomic mass is 16.5. The highest BCUT2D eigenvalue weighted by Gasteiger charge is 2.33. The van der Waals surface area contributed by atoms with Gasteiger partial charge in [0, 0.05) is 38.7 Å². The van der Waals surface area contributed by atoms with Crippen LogP contribution in [0.2, 0.25) is 0 Å². The lowest BCUT2D eigenvalue weighted by atomic mass is 10.0. The van der Waals surface area contributed by atoms with Crippen LogP contribution in [0.15, 0.2) is 10.8 Å². The lowest BCUT2D eigenvalue weighted by molar-refractivity contribution is -0.136. The summed E-state index contributed by atoms with van der Waals surface area (Å²) in [5.74, 6) is 0.407. The Labute approximate surface area is 118 Å². The van der Waals surface area contributed by atoms with E-state index in [-0.39, 0.29) is 11.8 Å². The number of ether oxygens (including phenoxy) is 1. The van der Waals surface area contributed by atoms with Gasteiger partial charge in [-0.2, -0.15) is 0 Å². The molecule has 3 rings (SSSR count). The molecule has 110 valence electrons. The SMILES string of the molecule is COCCN1CC[C@H](C(=O)N2CCc3nocc3C2)C1. The predicted octanol–water partition coefficient (Wildman–Crippen LogP) is 0.528. The molecule has 0 N–H and O–H groups in total. The highest BCUT2D eigenvalue weighted by Crippen LogP contribution is 2.23. The summed E-state index contributed by atoms with van der Waals surface area (Å²) in [6.45, 7) is 4.89. The van der Waals surface area contributed by atoms with Crippen molar-refractivity contribution in [3.8, 4) is 0 Å². The van der Waals surface area contributed by atoms with Crippen molar-refractivity contribution >= 4 is 5.91 Å². The summed E-state index contributed by atoms with van der Waals surface area (Å²) in [5, 5.41) is 3.96. The second-order valence-electron chi connectivity index (χ2n) is 5.58. The predicted molar refractivity (Wildman–Crippen MR) is 72.0 cm³/mol. The largest absolute Gasteiger partial charge is 0.383 e. The number of amides is 1. The first-order chi connectivity index (χ1) is 9.78. The molecule has 0 spiro atoms. The van der Waals surface area contributed by atoms with Gasteiger partial charge in [-0.15, -0.1) is 0 Å². The van der Waals surface area contributed by atoms with Crippen molar-refractivity contribution in [2.75, 3.05) is 39.9 Å². The maximum Gasteiger partial charge on any atom is 0.227 e. The summed E-state index contributed by atoms with van der Waals surface area (Å²) in [6.07, 6.45) is 3.42. The van der Waals surface area contributed by atoms with E-state index in [1.807, 2.05) is 4.90 Å². The summed E-state index contributed by atoms with van der Waals surface area (Å²) < 4.78 is 10.1. The zero-order chi connectivity index (χ0) is 13.9. The maximum absolute atomic E-state index is 12.6. The Morgan fingerprint density at radius 3 is 3.30 bits per heavy atom. The molecule has 1 saturated heterocycles. The van der Waals surface area contributed by atoms with Gasteiger partial charge >= 0.3 is 0 Å². The van der Waals surface area contributed by atoms with E-state index in [0.717, 1.165) is 56.9 Å². The van der Waals surface area contributed by atoms with Crippen LogP contribution in [0.4, 0.5) is 0 Å². The van der Waals surface area contributed by atoms with Crippen molar-refractivity contribution in [2.45, 2.75) is 19.4 Å². The Balaban J connectivity index is 1.55. The third-order valence-corrected chi connectivity index (χ3v) is 4.25. The number of aromatic nitrogens is 1. The van der Waals surface area contributed by atoms with E-state index in [2.05, 4.69) is 10.1 Å². The third-order valence-electron chi connectivity index (χ3n) is 4.25. The number of rotatable bonds is 4. The number of nitrogens with zero attached hydrogens (tertiary/aromatic N) is 3. The van der Waals surface area contributed by atoms with Crippen molar-refractivity contribution in [3.63, 3.8) is 0 Å². The molecule has 0 saturated carbocycles. The molecular formula is C14H21N3O3. The van der Waals surface area contributed by atoms with E-state index in [9.17, 15) is 4.79 Å². The molecule has 0 aromatic carbocycles. The van der Waals surface area contributed by atoms with Crippen molar-refractivity contribution in [1.29, 1.82) is 0 Å². The number of fused-ring (bicyclic) bond motifs is 1. The van der Waals surface area contributed by atoms with Crippen molar-refractivity contribution in [1.82, 2.24) is 15.0 Å². The van der Waals surface area contributed by atoms with Crippen molar-refractivity contribution in [2.24, 2.45) is 5.92 Å².